The summed E-state index contributed by atoms with van der Waals surface area (Å²) in [5, 5.41) is 14.2. The van der Waals surface area contributed by atoms with Gasteiger partial charge in [-0.2, -0.15) is 14.9 Å². The number of rotatable bonds is 3. The molecule has 118 valence electrons. The Bertz CT molecular complexity index is 962. The van der Waals surface area contributed by atoms with E-state index >= 15 is 0 Å². The average molecular weight is 348 g/mol. The van der Waals surface area contributed by atoms with Crippen molar-refractivity contribution in [2.75, 3.05) is 0 Å². The summed E-state index contributed by atoms with van der Waals surface area (Å²) in [4.78, 5) is 0. The molecule has 2 heterocycles. The summed E-state index contributed by atoms with van der Waals surface area (Å²) < 4.78 is 17.0. The molecule has 3 aromatic rings. The van der Waals surface area contributed by atoms with Gasteiger partial charge in [0.1, 0.15) is 5.82 Å². The number of hydrogen-bond acceptors (Lipinski definition) is 4. The summed E-state index contributed by atoms with van der Waals surface area (Å²) in [5.41, 5.74) is 3.32. The molecule has 0 radical (unpaired) electrons. The Morgan fingerprint density at radius 2 is 1.74 bits per heavy atom. The highest BCUT2D eigenvalue weighted by Gasteiger charge is 2.11. The van der Waals surface area contributed by atoms with Gasteiger partial charge in [-0.25, -0.2) is 9.07 Å². The van der Waals surface area contributed by atoms with Gasteiger partial charge < -0.3 is 0 Å². The van der Waals surface area contributed by atoms with Crippen molar-refractivity contribution in [3.05, 3.63) is 56.6 Å². The molecule has 2 N–H and O–H groups in total. The second kappa shape index (κ2) is 6.01. The van der Waals surface area contributed by atoms with Crippen molar-refractivity contribution in [2.24, 2.45) is 5.10 Å². The van der Waals surface area contributed by atoms with E-state index in [9.17, 15) is 4.39 Å². The van der Waals surface area contributed by atoms with Crippen molar-refractivity contribution in [3.8, 4) is 5.69 Å². The van der Waals surface area contributed by atoms with Gasteiger partial charge in [-0.3, -0.25) is 10.2 Å². The molecule has 0 spiro atoms. The minimum atomic E-state index is -0.284. The SMILES string of the molecule is Cc1nn(-c2ccc(F)cc2)c(C)c1/C=N\n1c(=S)[nH][nH]c1=S. The molecule has 0 aliphatic heterocycles. The first-order valence-electron chi connectivity index (χ1n) is 6.73. The second-order valence-corrected chi connectivity index (χ2v) is 5.66. The lowest BCUT2D eigenvalue weighted by Gasteiger charge is -2.04. The molecule has 0 saturated carbocycles. The topological polar surface area (TPSA) is 66.7 Å². The summed E-state index contributed by atoms with van der Waals surface area (Å²) in [7, 11) is 0. The summed E-state index contributed by atoms with van der Waals surface area (Å²) in [6.07, 6.45) is 1.66. The average Bonchev–Trinajstić information content (AvgIpc) is 2.99. The molecule has 0 aliphatic carbocycles. The fraction of sp³-hybridized carbons (Fsp3) is 0.143. The van der Waals surface area contributed by atoms with Crippen LogP contribution in [0.1, 0.15) is 17.0 Å². The van der Waals surface area contributed by atoms with E-state index in [1.54, 1.807) is 23.0 Å². The van der Waals surface area contributed by atoms with Crippen LogP contribution in [0.5, 0.6) is 0 Å². The van der Waals surface area contributed by atoms with Crippen LogP contribution in [0, 0.1) is 29.2 Å². The fourth-order valence-electron chi connectivity index (χ4n) is 2.20. The highest BCUT2D eigenvalue weighted by atomic mass is 32.1. The van der Waals surface area contributed by atoms with E-state index in [-0.39, 0.29) is 5.82 Å². The van der Waals surface area contributed by atoms with Crippen LogP contribution in [0.4, 0.5) is 4.39 Å². The van der Waals surface area contributed by atoms with E-state index in [1.165, 1.54) is 16.8 Å². The van der Waals surface area contributed by atoms with E-state index in [1.807, 2.05) is 13.8 Å². The van der Waals surface area contributed by atoms with Gasteiger partial charge in [-0.1, -0.05) is 0 Å². The van der Waals surface area contributed by atoms with Crippen LogP contribution < -0.4 is 0 Å². The molecule has 0 unspecified atom stereocenters. The molecule has 0 bridgehead atoms. The highest BCUT2D eigenvalue weighted by molar-refractivity contribution is 7.72. The molecule has 0 atom stereocenters. The van der Waals surface area contributed by atoms with Gasteiger partial charge in [-0.05, 0) is 62.5 Å². The molecule has 9 heteroatoms. The van der Waals surface area contributed by atoms with Crippen LogP contribution in [0.25, 0.3) is 5.69 Å². The van der Waals surface area contributed by atoms with Crippen molar-refractivity contribution >= 4 is 30.7 Å². The van der Waals surface area contributed by atoms with Crippen LogP contribution in [0.3, 0.4) is 0 Å². The number of aromatic amines is 2. The van der Waals surface area contributed by atoms with Crippen molar-refractivity contribution in [3.63, 3.8) is 0 Å². The molecule has 3 rings (SSSR count). The normalized spacial score (nSPS) is 11.4. The molecule has 0 amide bonds. The monoisotopic (exact) mass is 348 g/mol. The van der Waals surface area contributed by atoms with Crippen molar-refractivity contribution in [1.29, 1.82) is 0 Å². The van der Waals surface area contributed by atoms with Crippen LogP contribution in [0.15, 0.2) is 29.4 Å². The third-order valence-corrected chi connectivity index (χ3v) is 3.93. The lowest BCUT2D eigenvalue weighted by atomic mass is 10.2. The summed E-state index contributed by atoms with van der Waals surface area (Å²) in [5.74, 6) is -0.284. The van der Waals surface area contributed by atoms with E-state index in [4.69, 9.17) is 24.4 Å². The van der Waals surface area contributed by atoms with Gasteiger partial charge in [0.2, 0.25) is 9.54 Å². The zero-order chi connectivity index (χ0) is 16.6. The quantitative estimate of drug-likeness (QED) is 0.563. The molecule has 0 fully saturated rings. The number of nitrogens with zero attached hydrogens (tertiary/aromatic N) is 4. The van der Waals surface area contributed by atoms with Gasteiger partial charge in [0.05, 0.1) is 23.3 Å². The maximum atomic E-state index is 13.1. The number of aryl methyl sites for hydroxylation is 1. The first-order chi connectivity index (χ1) is 11.0. The Balaban J connectivity index is 2.03. The molecule has 6 nitrogen and oxygen atoms in total. The molecule has 1 aromatic carbocycles. The van der Waals surface area contributed by atoms with Crippen molar-refractivity contribution in [1.82, 2.24) is 24.7 Å². The summed E-state index contributed by atoms with van der Waals surface area (Å²) in [6, 6.07) is 6.15. The molecule has 23 heavy (non-hydrogen) atoms. The standard InChI is InChI=1S/C14H13FN6S2/c1-8-12(7-16-21-13(22)17-18-14(21)23)9(2)20(19-8)11-5-3-10(15)4-6-11/h3-7H,1-2H3,(H,17,22)(H,18,23)/b16-7-. The molecular weight excluding hydrogens is 335 g/mol. The van der Waals surface area contributed by atoms with Crippen LogP contribution in [-0.2, 0) is 0 Å². The van der Waals surface area contributed by atoms with Crippen molar-refractivity contribution in [2.45, 2.75) is 13.8 Å². The van der Waals surface area contributed by atoms with Gasteiger partial charge in [0.15, 0.2) is 0 Å². The largest absolute Gasteiger partial charge is 0.273 e. The minimum absolute atomic E-state index is 0.284. The number of halogens is 1. The van der Waals surface area contributed by atoms with Crippen molar-refractivity contribution < 1.29 is 4.39 Å². The third kappa shape index (κ3) is 2.92. The highest BCUT2D eigenvalue weighted by Crippen LogP contribution is 2.17. The summed E-state index contributed by atoms with van der Waals surface area (Å²) >= 11 is 10.2. The lowest BCUT2D eigenvalue weighted by molar-refractivity contribution is 0.627. The van der Waals surface area contributed by atoms with Gasteiger partial charge in [0, 0.05) is 5.56 Å². The molecule has 0 aliphatic rings. The fourth-order valence-corrected chi connectivity index (χ4v) is 2.64. The Morgan fingerprint density at radius 3 is 2.35 bits per heavy atom. The first kappa shape index (κ1) is 15.5. The lowest BCUT2D eigenvalue weighted by Crippen LogP contribution is -1.99. The smallest absolute Gasteiger partial charge is 0.215 e. The van der Waals surface area contributed by atoms with Gasteiger partial charge in [0.25, 0.3) is 0 Å². The van der Waals surface area contributed by atoms with Crippen LogP contribution >= 0.6 is 24.4 Å². The zero-order valence-corrected chi connectivity index (χ0v) is 14.0. The van der Waals surface area contributed by atoms with Gasteiger partial charge >= 0.3 is 0 Å². The van der Waals surface area contributed by atoms with E-state index in [2.05, 4.69) is 20.4 Å². The van der Waals surface area contributed by atoms with Gasteiger partial charge in [-0.15, -0.1) is 0 Å². The van der Waals surface area contributed by atoms with E-state index in [0.29, 0.717) is 9.54 Å². The zero-order valence-electron chi connectivity index (χ0n) is 12.4. The van der Waals surface area contributed by atoms with Crippen LogP contribution in [-0.4, -0.2) is 30.9 Å². The Labute approximate surface area is 141 Å². The number of aromatic nitrogens is 5. The maximum Gasteiger partial charge on any atom is 0.215 e. The molecule has 2 aromatic heterocycles. The van der Waals surface area contributed by atoms with Crippen LogP contribution in [0.2, 0.25) is 0 Å². The Morgan fingerprint density at radius 1 is 1.13 bits per heavy atom. The first-order valence-corrected chi connectivity index (χ1v) is 7.55. The second-order valence-electron chi connectivity index (χ2n) is 4.89. The number of H-pyrrole nitrogens is 2. The predicted octanol–water partition coefficient (Wildman–Crippen LogP) is 3.43. The number of benzene rings is 1. The predicted molar refractivity (Wildman–Crippen MR) is 90.8 cm³/mol. The van der Waals surface area contributed by atoms with E-state index in [0.717, 1.165) is 22.6 Å². The van der Waals surface area contributed by atoms with E-state index < -0.39 is 0 Å². The Hall–Kier alpha value is -2.39. The Kier molecular flexibility index (Phi) is 4.05. The minimum Gasteiger partial charge on any atom is -0.273 e. The summed E-state index contributed by atoms with van der Waals surface area (Å²) in [6.45, 7) is 3.80. The maximum absolute atomic E-state index is 13.1. The molecular formula is C14H13FN6S2. The number of hydrogen-bond donors (Lipinski definition) is 2. The third-order valence-electron chi connectivity index (χ3n) is 3.38. The molecule has 0 saturated heterocycles. The number of nitrogens with one attached hydrogen (secondary N) is 2.